The third-order valence-corrected chi connectivity index (χ3v) is 2.72. The highest BCUT2D eigenvalue weighted by atomic mass is 16.6. The van der Waals surface area contributed by atoms with Gasteiger partial charge in [-0.25, -0.2) is 0 Å². The van der Waals surface area contributed by atoms with E-state index in [1.165, 1.54) is 0 Å². The Bertz CT molecular complexity index is 438. The minimum absolute atomic E-state index is 0.112. The molecule has 0 unspecified atom stereocenters. The number of esters is 1. The molecule has 0 amide bonds. The molecule has 1 aromatic rings. The summed E-state index contributed by atoms with van der Waals surface area (Å²) in [6.07, 6.45) is 0.737. The van der Waals surface area contributed by atoms with Gasteiger partial charge in [0.15, 0.2) is 0 Å². The predicted octanol–water partition coefficient (Wildman–Crippen LogP) is 1.64. The van der Waals surface area contributed by atoms with Crippen LogP contribution in [-0.2, 0) is 20.9 Å². The predicted molar refractivity (Wildman–Crippen MR) is 65.4 cm³/mol. The van der Waals surface area contributed by atoms with Gasteiger partial charge < -0.3 is 14.6 Å². The Morgan fingerprint density at radius 3 is 2.72 bits per heavy atom. The summed E-state index contributed by atoms with van der Waals surface area (Å²) in [6.45, 7) is 2.27. The summed E-state index contributed by atoms with van der Waals surface area (Å²) >= 11 is 0. The van der Waals surface area contributed by atoms with Crippen LogP contribution >= 0.6 is 0 Å². The van der Waals surface area contributed by atoms with Gasteiger partial charge in [-0.2, -0.15) is 0 Å². The number of ether oxygens (including phenoxy) is 2. The van der Waals surface area contributed by atoms with Crippen molar-refractivity contribution in [1.29, 1.82) is 0 Å². The number of rotatable bonds is 5. The zero-order valence-corrected chi connectivity index (χ0v) is 10.2. The molecule has 0 radical (unpaired) electrons. The van der Waals surface area contributed by atoms with Crippen LogP contribution in [0.25, 0.3) is 0 Å². The molecular weight excluding hydrogens is 232 g/mol. The summed E-state index contributed by atoms with van der Waals surface area (Å²) in [5.41, 5.74) is 1.04. The van der Waals surface area contributed by atoms with E-state index in [0.29, 0.717) is 12.4 Å². The van der Waals surface area contributed by atoms with E-state index in [4.69, 9.17) is 9.47 Å². The van der Waals surface area contributed by atoms with Crippen LogP contribution < -0.4 is 0 Å². The summed E-state index contributed by atoms with van der Waals surface area (Å²) < 4.78 is 10.3. The molecule has 0 spiro atoms. The summed E-state index contributed by atoms with van der Waals surface area (Å²) in [5, 5.41) is 9.79. The van der Waals surface area contributed by atoms with E-state index < -0.39 is 6.10 Å². The fourth-order valence-corrected chi connectivity index (χ4v) is 1.68. The maximum atomic E-state index is 11.2. The van der Waals surface area contributed by atoms with Crippen molar-refractivity contribution in [2.75, 3.05) is 6.61 Å². The highest BCUT2D eigenvalue weighted by Crippen LogP contribution is 2.20. The first-order valence-electron chi connectivity index (χ1n) is 5.90. The van der Waals surface area contributed by atoms with Crippen LogP contribution in [0.5, 0.6) is 0 Å². The Morgan fingerprint density at radius 1 is 1.39 bits per heavy atom. The molecule has 2 rings (SSSR count). The molecule has 1 N–H and O–H groups in total. The summed E-state index contributed by atoms with van der Waals surface area (Å²) in [7, 11) is 0. The van der Waals surface area contributed by atoms with Crippen LogP contribution in [-0.4, -0.2) is 23.8 Å². The van der Waals surface area contributed by atoms with Crippen LogP contribution in [0.1, 0.15) is 12.5 Å². The van der Waals surface area contributed by atoms with E-state index >= 15 is 0 Å². The minimum atomic E-state index is -0.886. The highest BCUT2D eigenvalue weighted by molar-refractivity contribution is 5.78. The van der Waals surface area contributed by atoms with E-state index in [9.17, 15) is 9.90 Å². The number of carbonyl (C=O) groups excluding carboxylic acids is 1. The SMILES string of the molecule is C[C@@H]1C=C([C@H](O)COCc2ccccc2)OC1=O. The summed E-state index contributed by atoms with van der Waals surface area (Å²) in [6, 6.07) is 9.69. The molecule has 0 aromatic heterocycles. The lowest BCUT2D eigenvalue weighted by Crippen LogP contribution is -2.19. The first-order valence-corrected chi connectivity index (χ1v) is 5.90. The smallest absolute Gasteiger partial charge is 0.317 e. The number of benzene rings is 1. The quantitative estimate of drug-likeness (QED) is 0.805. The van der Waals surface area contributed by atoms with Gasteiger partial charge in [-0.3, -0.25) is 4.79 Å². The van der Waals surface area contributed by atoms with Gasteiger partial charge in [0, 0.05) is 0 Å². The lowest BCUT2D eigenvalue weighted by molar-refractivity contribution is -0.141. The van der Waals surface area contributed by atoms with Gasteiger partial charge in [-0.05, 0) is 18.6 Å². The molecule has 1 heterocycles. The topological polar surface area (TPSA) is 55.8 Å². The van der Waals surface area contributed by atoms with Crippen LogP contribution in [0, 0.1) is 5.92 Å². The zero-order valence-electron chi connectivity index (χ0n) is 10.2. The highest BCUT2D eigenvalue weighted by Gasteiger charge is 2.27. The first kappa shape index (κ1) is 12.8. The van der Waals surface area contributed by atoms with Crippen molar-refractivity contribution in [3.05, 3.63) is 47.7 Å². The van der Waals surface area contributed by atoms with E-state index in [0.717, 1.165) is 5.56 Å². The molecule has 96 valence electrons. The second-order valence-electron chi connectivity index (χ2n) is 4.30. The Kier molecular flexibility index (Phi) is 4.12. The normalized spacial score (nSPS) is 20.4. The second-order valence-corrected chi connectivity index (χ2v) is 4.30. The number of hydrogen-bond donors (Lipinski definition) is 1. The van der Waals surface area contributed by atoms with Gasteiger partial charge in [0.25, 0.3) is 0 Å². The van der Waals surface area contributed by atoms with Gasteiger partial charge in [-0.15, -0.1) is 0 Å². The third kappa shape index (κ3) is 3.18. The van der Waals surface area contributed by atoms with Gasteiger partial charge in [0.1, 0.15) is 11.9 Å². The van der Waals surface area contributed by atoms with Gasteiger partial charge in [0.05, 0.1) is 19.1 Å². The van der Waals surface area contributed by atoms with Crippen LogP contribution in [0.3, 0.4) is 0 Å². The Labute approximate surface area is 106 Å². The van der Waals surface area contributed by atoms with Crippen LogP contribution in [0.4, 0.5) is 0 Å². The lowest BCUT2D eigenvalue weighted by Gasteiger charge is -2.11. The number of carbonyl (C=O) groups is 1. The van der Waals surface area contributed by atoms with Crippen molar-refractivity contribution in [2.24, 2.45) is 5.92 Å². The monoisotopic (exact) mass is 248 g/mol. The molecule has 0 bridgehead atoms. The van der Waals surface area contributed by atoms with Crippen LogP contribution in [0.2, 0.25) is 0 Å². The van der Waals surface area contributed by atoms with Gasteiger partial charge in [-0.1, -0.05) is 30.3 Å². The molecule has 1 aliphatic rings. The summed E-state index contributed by atoms with van der Waals surface area (Å²) in [4.78, 5) is 11.2. The minimum Gasteiger partial charge on any atom is -0.428 e. The van der Waals surface area contributed by atoms with Crippen molar-refractivity contribution in [3.8, 4) is 0 Å². The van der Waals surface area contributed by atoms with Crippen molar-refractivity contribution >= 4 is 5.97 Å². The molecule has 0 saturated carbocycles. The van der Waals surface area contributed by atoms with Gasteiger partial charge in [0.2, 0.25) is 0 Å². The van der Waals surface area contributed by atoms with E-state index in [1.54, 1.807) is 13.0 Å². The Hall–Kier alpha value is -1.65. The van der Waals surface area contributed by atoms with Crippen molar-refractivity contribution < 1.29 is 19.4 Å². The molecule has 2 atom stereocenters. The molecular formula is C14H16O4. The second kappa shape index (κ2) is 5.80. The molecule has 1 aliphatic heterocycles. The maximum absolute atomic E-state index is 11.2. The molecule has 0 aliphatic carbocycles. The first-order chi connectivity index (χ1) is 8.66. The fourth-order valence-electron chi connectivity index (χ4n) is 1.68. The van der Waals surface area contributed by atoms with Gasteiger partial charge >= 0.3 is 5.97 Å². The molecule has 0 fully saturated rings. The average Bonchev–Trinajstić information content (AvgIpc) is 2.71. The summed E-state index contributed by atoms with van der Waals surface area (Å²) in [5.74, 6) is -0.323. The van der Waals surface area contributed by atoms with E-state index in [1.807, 2.05) is 30.3 Å². The standard InChI is InChI=1S/C14H16O4/c1-10-7-13(18-14(10)16)12(15)9-17-8-11-5-3-2-4-6-11/h2-7,10,12,15H,8-9H2,1H3/t10-,12-/m1/s1. The molecule has 4 nitrogen and oxygen atoms in total. The molecule has 4 heteroatoms. The largest absolute Gasteiger partial charge is 0.428 e. The zero-order chi connectivity index (χ0) is 13.0. The van der Waals surface area contributed by atoms with Crippen molar-refractivity contribution in [1.82, 2.24) is 0 Å². The number of hydrogen-bond acceptors (Lipinski definition) is 4. The molecule has 1 aromatic carbocycles. The maximum Gasteiger partial charge on any atom is 0.317 e. The third-order valence-electron chi connectivity index (χ3n) is 2.72. The number of aliphatic hydroxyl groups excluding tert-OH is 1. The molecule has 18 heavy (non-hydrogen) atoms. The van der Waals surface area contributed by atoms with Crippen molar-refractivity contribution in [2.45, 2.75) is 19.6 Å². The average molecular weight is 248 g/mol. The number of cyclic esters (lactones) is 1. The van der Waals surface area contributed by atoms with Crippen LogP contribution in [0.15, 0.2) is 42.2 Å². The Morgan fingerprint density at radius 2 is 2.11 bits per heavy atom. The number of aliphatic hydroxyl groups is 1. The van der Waals surface area contributed by atoms with E-state index in [2.05, 4.69) is 0 Å². The molecule has 0 saturated heterocycles. The lowest BCUT2D eigenvalue weighted by atomic mass is 10.2. The van der Waals surface area contributed by atoms with E-state index in [-0.39, 0.29) is 18.5 Å². The fraction of sp³-hybridized carbons (Fsp3) is 0.357. The Balaban J connectivity index is 1.77. The van der Waals surface area contributed by atoms with Crippen molar-refractivity contribution in [3.63, 3.8) is 0 Å².